The van der Waals surface area contributed by atoms with Gasteiger partial charge >= 0.3 is 5.97 Å². The molecule has 4 nitrogen and oxygen atoms in total. The minimum atomic E-state index is -0.766. The van der Waals surface area contributed by atoms with Gasteiger partial charge in [-0.3, -0.25) is 9.69 Å². The minimum absolute atomic E-state index is 0.529. The summed E-state index contributed by atoms with van der Waals surface area (Å²) in [5.74, 6) is -0.209. The molecule has 1 N–H and O–H groups in total. The zero-order valence-electron chi connectivity index (χ0n) is 11.8. The lowest BCUT2D eigenvalue weighted by molar-refractivity contribution is -0.150. The molecule has 4 heteroatoms. The number of aliphatic carboxylic acids is 1. The number of carbonyl (C=O) groups is 1. The molecule has 0 heterocycles. The average molecular weight is 245 g/mol. The van der Waals surface area contributed by atoms with E-state index in [0.717, 1.165) is 19.4 Å². The summed E-state index contributed by atoms with van der Waals surface area (Å²) < 4.78 is 4.99. The van der Waals surface area contributed by atoms with E-state index in [1.165, 1.54) is 0 Å². The Morgan fingerprint density at radius 1 is 1.47 bits per heavy atom. The molecule has 0 saturated heterocycles. The fraction of sp³-hybridized carbons (Fsp3) is 0.923. The number of carboxylic acids is 1. The second-order valence-corrected chi connectivity index (χ2v) is 5.28. The molecule has 0 radical (unpaired) electrons. The molecule has 0 fully saturated rings. The number of hydrogen-bond acceptors (Lipinski definition) is 3. The number of carboxylic acid groups (broad SMARTS) is 1. The number of ether oxygens (including phenoxy) is 1. The summed E-state index contributed by atoms with van der Waals surface area (Å²) in [6, 6.07) is 0. The summed E-state index contributed by atoms with van der Waals surface area (Å²) in [6.45, 7) is 7.46. The molecule has 0 spiro atoms. The van der Waals surface area contributed by atoms with Gasteiger partial charge in [-0.1, -0.05) is 13.8 Å². The molecule has 0 rings (SSSR count). The van der Waals surface area contributed by atoms with Crippen LogP contribution in [0.2, 0.25) is 0 Å². The SMILES string of the molecule is COCCCN(C)C(C)(CCC(C)C)C(=O)O. The van der Waals surface area contributed by atoms with Crippen LogP contribution in [0.4, 0.5) is 0 Å². The van der Waals surface area contributed by atoms with Gasteiger partial charge in [0.2, 0.25) is 0 Å². The summed E-state index contributed by atoms with van der Waals surface area (Å²) in [5, 5.41) is 9.40. The van der Waals surface area contributed by atoms with Gasteiger partial charge in [0.15, 0.2) is 0 Å². The van der Waals surface area contributed by atoms with Gasteiger partial charge in [0.05, 0.1) is 0 Å². The first-order valence-corrected chi connectivity index (χ1v) is 6.28. The molecule has 0 amide bonds. The van der Waals surface area contributed by atoms with Crippen LogP contribution in [0.5, 0.6) is 0 Å². The van der Waals surface area contributed by atoms with Gasteiger partial charge < -0.3 is 9.84 Å². The van der Waals surface area contributed by atoms with Crippen LogP contribution in [-0.2, 0) is 9.53 Å². The van der Waals surface area contributed by atoms with Crippen molar-refractivity contribution >= 4 is 5.97 Å². The molecule has 1 unspecified atom stereocenters. The van der Waals surface area contributed by atoms with Crippen molar-refractivity contribution in [1.82, 2.24) is 4.90 Å². The van der Waals surface area contributed by atoms with Gasteiger partial charge in [-0.05, 0) is 39.2 Å². The summed E-state index contributed by atoms with van der Waals surface area (Å²) in [6.07, 6.45) is 2.47. The zero-order chi connectivity index (χ0) is 13.5. The van der Waals surface area contributed by atoms with Crippen LogP contribution in [0.15, 0.2) is 0 Å². The number of rotatable bonds is 9. The lowest BCUT2D eigenvalue weighted by Gasteiger charge is -2.35. The van der Waals surface area contributed by atoms with E-state index < -0.39 is 11.5 Å². The largest absolute Gasteiger partial charge is 0.480 e. The van der Waals surface area contributed by atoms with Gasteiger partial charge in [-0.15, -0.1) is 0 Å². The Labute approximate surface area is 105 Å². The summed E-state index contributed by atoms with van der Waals surface area (Å²) >= 11 is 0. The van der Waals surface area contributed by atoms with E-state index >= 15 is 0 Å². The van der Waals surface area contributed by atoms with E-state index in [2.05, 4.69) is 13.8 Å². The van der Waals surface area contributed by atoms with E-state index in [1.807, 2.05) is 18.9 Å². The maximum Gasteiger partial charge on any atom is 0.323 e. The van der Waals surface area contributed by atoms with Crippen molar-refractivity contribution in [3.05, 3.63) is 0 Å². The third kappa shape index (κ3) is 5.50. The smallest absolute Gasteiger partial charge is 0.323 e. The number of likely N-dealkylation sites (N-methyl/N-ethyl adjacent to an activating group) is 1. The molecule has 0 aromatic heterocycles. The molecule has 0 aliphatic heterocycles. The summed E-state index contributed by atoms with van der Waals surface area (Å²) in [5.41, 5.74) is -0.766. The van der Waals surface area contributed by atoms with Crippen LogP contribution in [0.3, 0.4) is 0 Å². The van der Waals surface area contributed by atoms with Crippen LogP contribution < -0.4 is 0 Å². The van der Waals surface area contributed by atoms with Crippen molar-refractivity contribution in [2.75, 3.05) is 27.3 Å². The molecule has 0 saturated carbocycles. The molecule has 0 aliphatic rings. The van der Waals surface area contributed by atoms with Crippen LogP contribution >= 0.6 is 0 Å². The molecule has 1 atom stereocenters. The quantitative estimate of drug-likeness (QED) is 0.633. The molecule has 0 aromatic carbocycles. The maximum atomic E-state index is 11.4. The van der Waals surface area contributed by atoms with Crippen molar-refractivity contribution < 1.29 is 14.6 Å². The van der Waals surface area contributed by atoms with Crippen LogP contribution in [-0.4, -0.2) is 48.8 Å². The Morgan fingerprint density at radius 2 is 2.06 bits per heavy atom. The molecule has 0 bridgehead atoms. The van der Waals surface area contributed by atoms with Gasteiger partial charge in [-0.2, -0.15) is 0 Å². The zero-order valence-corrected chi connectivity index (χ0v) is 11.8. The Morgan fingerprint density at radius 3 is 2.47 bits per heavy atom. The third-order valence-electron chi connectivity index (χ3n) is 3.35. The maximum absolute atomic E-state index is 11.4. The lowest BCUT2D eigenvalue weighted by Crippen LogP contribution is -2.51. The topological polar surface area (TPSA) is 49.8 Å². The molecule has 0 aliphatic carbocycles. The average Bonchev–Trinajstić information content (AvgIpc) is 2.25. The first kappa shape index (κ1) is 16.4. The summed E-state index contributed by atoms with van der Waals surface area (Å²) in [4.78, 5) is 13.4. The monoisotopic (exact) mass is 245 g/mol. The molecular weight excluding hydrogens is 218 g/mol. The number of nitrogens with zero attached hydrogens (tertiary/aromatic N) is 1. The predicted molar refractivity (Wildman–Crippen MR) is 69.2 cm³/mol. The van der Waals surface area contributed by atoms with Crippen molar-refractivity contribution in [1.29, 1.82) is 0 Å². The highest BCUT2D eigenvalue weighted by Crippen LogP contribution is 2.23. The van der Waals surface area contributed by atoms with E-state index in [-0.39, 0.29) is 0 Å². The minimum Gasteiger partial charge on any atom is -0.480 e. The highest BCUT2D eigenvalue weighted by Gasteiger charge is 2.36. The molecular formula is C13H27NO3. The Hall–Kier alpha value is -0.610. The van der Waals surface area contributed by atoms with Crippen molar-refractivity contribution in [2.45, 2.75) is 45.6 Å². The Balaban J connectivity index is 4.41. The normalized spacial score (nSPS) is 15.2. The highest BCUT2D eigenvalue weighted by atomic mass is 16.5. The first-order valence-electron chi connectivity index (χ1n) is 6.28. The van der Waals surface area contributed by atoms with Gasteiger partial charge in [0, 0.05) is 20.3 Å². The van der Waals surface area contributed by atoms with Crippen molar-refractivity contribution in [2.24, 2.45) is 5.92 Å². The van der Waals surface area contributed by atoms with Crippen LogP contribution in [0.1, 0.15) is 40.0 Å². The highest BCUT2D eigenvalue weighted by molar-refractivity contribution is 5.78. The Bertz CT molecular complexity index is 231. The summed E-state index contributed by atoms with van der Waals surface area (Å²) in [7, 11) is 3.54. The standard InChI is InChI=1S/C13H27NO3/c1-11(2)7-8-13(3,12(15)16)14(4)9-6-10-17-5/h11H,6-10H2,1-5H3,(H,15,16). The molecule has 102 valence electrons. The fourth-order valence-electron chi connectivity index (χ4n) is 1.72. The van der Waals surface area contributed by atoms with Gasteiger partial charge in [-0.25, -0.2) is 0 Å². The van der Waals surface area contributed by atoms with E-state index in [4.69, 9.17) is 4.74 Å². The molecule has 17 heavy (non-hydrogen) atoms. The lowest BCUT2D eigenvalue weighted by atomic mass is 9.90. The number of hydrogen-bond donors (Lipinski definition) is 1. The second-order valence-electron chi connectivity index (χ2n) is 5.28. The van der Waals surface area contributed by atoms with Crippen molar-refractivity contribution in [3.8, 4) is 0 Å². The molecule has 0 aromatic rings. The van der Waals surface area contributed by atoms with Crippen LogP contribution in [0.25, 0.3) is 0 Å². The Kier molecular flexibility index (Phi) is 7.39. The predicted octanol–water partition coefficient (Wildman–Crippen LogP) is 2.23. The van der Waals surface area contributed by atoms with Crippen molar-refractivity contribution in [3.63, 3.8) is 0 Å². The van der Waals surface area contributed by atoms with E-state index in [9.17, 15) is 9.90 Å². The van der Waals surface area contributed by atoms with Gasteiger partial charge in [0.1, 0.15) is 5.54 Å². The third-order valence-corrected chi connectivity index (χ3v) is 3.35. The van der Waals surface area contributed by atoms with Gasteiger partial charge in [0.25, 0.3) is 0 Å². The van der Waals surface area contributed by atoms with E-state index in [1.54, 1.807) is 7.11 Å². The fourth-order valence-corrected chi connectivity index (χ4v) is 1.72. The number of methoxy groups -OCH3 is 1. The second kappa shape index (κ2) is 7.67. The van der Waals surface area contributed by atoms with E-state index in [0.29, 0.717) is 18.9 Å². The first-order chi connectivity index (χ1) is 7.84. The van der Waals surface area contributed by atoms with Crippen LogP contribution in [0, 0.1) is 5.92 Å².